The van der Waals surface area contributed by atoms with Crippen LogP contribution in [0.2, 0.25) is 0 Å². The van der Waals surface area contributed by atoms with Gasteiger partial charge in [-0.1, -0.05) is 29.8 Å². The van der Waals surface area contributed by atoms with Gasteiger partial charge in [-0.05, 0) is 37.3 Å². The van der Waals surface area contributed by atoms with Crippen LogP contribution in [0.25, 0.3) is 11.3 Å². The van der Waals surface area contributed by atoms with Crippen LogP contribution in [0.4, 0.5) is 5.95 Å². The quantitative estimate of drug-likeness (QED) is 0.601. The summed E-state index contributed by atoms with van der Waals surface area (Å²) < 4.78 is 17.5. The Balaban J connectivity index is 1.25. The standard InChI is InChI=1S/C25H26N4O4/c1-15-7-9-16(10-8-15)24(30)27-19-13-32-23-20(14-33-22(19)23)29-25-26-12-11-18(28-25)17-5-3-4-6-21(17)31-2/h3-12,19-20,22-23H,13-14H2,1-2H3,(H,27,30)(H,26,28,29)/t19-,20-,22+,23+/m0/s1. The van der Waals surface area contributed by atoms with Gasteiger partial charge in [0.1, 0.15) is 18.0 Å². The summed E-state index contributed by atoms with van der Waals surface area (Å²) in [5, 5.41) is 6.40. The Kier molecular flexibility index (Phi) is 5.93. The lowest BCUT2D eigenvalue weighted by Gasteiger charge is -2.18. The van der Waals surface area contributed by atoms with E-state index in [2.05, 4.69) is 20.6 Å². The number of carbonyl (C=O) groups is 1. The van der Waals surface area contributed by atoms with Gasteiger partial charge in [-0.15, -0.1) is 0 Å². The molecule has 0 saturated carbocycles. The summed E-state index contributed by atoms with van der Waals surface area (Å²) in [7, 11) is 1.64. The molecule has 1 amide bonds. The lowest BCUT2D eigenvalue weighted by atomic mass is 10.1. The highest BCUT2D eigenvalue weighted by molar-refractivity contribution is 5.94. The number of hydrogen-bond acceptors (Lipinski definition) is 7. The van der Waals surface area contributed by atoms with Crippen molar-refractivity contribution in [1.29, 1.82) is 0 Å². The average Bonchev–Trinajstić information content (AvgIpc) is 3.43. The molecule has 0 unspecified atom stereocenters. The van der Waals surface area contributed by atoms with Gasteiger partial charge in [-0.2, -0.15) is 0 Å². The normalized spacial score (nSPS) is 23.7. The van der Waals surface area contributed by atoms with Crippen LogP contribution < -0.4 is 15.4 Å². The van der Waals surface area contributed by atoms with Crippen LogP contribution in [0.15, 0.2) is 60.8 Å². The van der Waals surface area contributed by atoms with E-state index in [0.29, 0.717) is 24.7 Å². The Hall–Kier alpha value is -3.49. The third kappa shape index (κ3) is 4.40. The maximum Gasteiger partial charge on any atom is 0.251 e. The van der Waals surface area contributed by atoms with Gasteiger partial charge in [0.25, 0.3) is 5.91 Å². The molecule has 0 aliphatic carbocycles. The number of aryl methyl sites for hydroxylation is 1. The first kappa shape index (κ1) is 21.4. The molecule has 2 N–H and O–H groups in total. The second-order valence-electron chi connectivity index (χ2n) is 8.26. The molecule has 33 heavy (non-hydrogen) atoms. The van der Waals surface area contributed by atoms with E-state index >= 15 is 0 Å². The van der Waals surface area contributed by atoms with Gasteiger partial charge in [0.05, 0.1) is 38.1 Å². The lowest BCUT2D eigenvalue weighted by molar-refractivity contribution is 0.0652. The molecule has 1 aromatic heterocycles. The smallest absolute Gasteiger partial charge is 0.251 e. The molecule has 5 rings (SSSR count). The van der Waals surface area contributed by atoms with E-state index in [4.69, 9.17) is 14.2 Å². The second-order valence-corrected chi connectivity index (χ2v) is 8.26. The minimum Gasteiger partial charge on any atom is -0.496 e. The Morgan fingerprint density at radius 2 is 1.73 bits per heavy atom. The number of nitrogens with one attached hydrogen (secondary N) is 2. The Morgan fingerprint density at radius 1 is 1.00 bits per heavy atom. The van der Waals surface area contributed by atoms with Crippen LogP contribution in [0.3, 0.4) is 0 Å². The zero-order valence-corrected chi connectivity index (χ0v) is 18.5. The third-order valence-corrected chi connectivity index (χ3v) is 6.04. The monoisotopic (exact) mass is 446 g/mol. The van der Waals surface area contributed by atoms with Gasteiger partial charge in [0.15, 0.2) is 0 Å². The number of methoxy groups -OCH3 is 1. The number of ether oxygens (including phenoxy) is 3. The van der Waals surface area contributed by atoms with E-state index in [9.17, 15) is 4.79 Å². The molecule has 8 nitrogen and oxygen atoms in total. The zero-order valence-electron chi connectivity index (χ0n) is 18.5. The van der Waals surface area contributed by atoms with Gasteiger partial charge in [-0.25, -0.2) is 9.97 Å². The fraction of sp³-hybridized carbons (Fsp3) is 0.320. The highest BCUT2D eigenvalue weighted by atomic mass is 16.6. The number of amides is 1. The Bertz CT molecular complexity index is 1140. The molecule has 2 fully saturated rings. The summed E-state index contributed by atoms with van der Waals surface area (Å²) in [6, 6.07) is 16.7. The molecule has 0 radical (unpaired) electrons. The van der Waals surface area contributed by atoms with Crippen LogP contribution in [-0.4, -0.2) is 60.5 Å². The average molecular weight is 447 g/mol. The zero-order chi connectivity index (χ0) is 22.8. The van der Waals surface area contributed by atoms with E-state index in [1.165, 1.54) is 0 Å². The molecule has 2 aromatic carbocycles. The molecule has 2 saturated heterocycles. The maximum atomic E-state index is 12.6. The fourth-order valence-corrected chi connectivity index (χ4v) is 4.30. The number of benzene rings is 2. The molecule has 0 spiro atoms. The van der Waals surface area contributed by atoms with Crippen molar-refractivity contribution in [2.24, 2.45) is 0 Å². The van der Waals surface area contributed by atoms with Gasteiger partial charge in [0.2, 0.25) is 5.95 Å². The lowest BCUT2D eigenvalue weighted by Crippen LogP contribution is -2.44. The number of carbonyl (C=O) groups excluding carboxylic acids is 1. The predicted molar refractivity (Wildman–Crippen MR) is 123 cm³/mol. The summed E-state index contributed by atoms with van der Waals surface area (Å²) in [5.41, 5.74) is 3.39. The van der Waals surface area contributed by atoms with E-state index < -0.39 is 0 Å². The van der Waals surface area contributed by atoms with Crippen LogP contribution in [0, 0.1) is 6.92 Å². The molecular formula is C25H26N4O4. The van der Waals surface area contributed by atoms with Crippen molar-refractivity contribution < 1.29 is 19.0 Å². The number of fused-ring (bicyclic) bond motifs is 1. The van der Waals surface area contributed by atoms with Crippen molar-refractivity contribution in [2.75, 3.05) is 25.6 Å². The number of hydrogen-bond donors (Lipinski definition) is 2. The summed E-state index contributed by atoms with van der Waals surface area (Å²) in [5.74, 6) is 1.11. The Morgan fingerprint density at radius 3 is 2.52 bits per heavy atom. The molecule has 4 atom stereocenters. The first-order valence-electron chi connectivity index (χ1n) is 11.0. The van der Waals surface area contributed by atoms with Crippen molar-refractivity contribution in [3.05, 3.63) is 71.9 Å². The van der Waals surface area contributed by atoms with Crippen molar-refractivity contribution in [1.82, 2.24) is 15.3 Å². The summed E-state index contributed by atoms with van der Waals surface area (Å²) in [4.78, 5) is 21.7. The summed E-state index contributed by atoms with van der Waals surface area (Å²) in [6.07, 6.45) is 1.28. The van der Waals surface area contributed by atoms with Crippen molar-refractivity contribution in [2.45, 2.75) is 31.2 Å². The first-order valence-corrected chi connectivity index (χ1v) is 11.0. The van der Waals surface area contributed by atoms with E-state index in [-0.39, 0.29) is 30.2 Å². The van der Waals surface area contributed by atoms with E-state index in [1.54, 1.807) is 13.3 Å². The summed E-state index contributed by atoms with van der Waals surface area (Å²) in [6.45, 7) is 2.83. The van der Waals surface area contributed by atoms with E-state index in [0.717, 1.165) is 22.6 Å². The van der Waals surface area contributed by atoms with Crippen LogP contribution >= 0.6 is 0 Å². The van der Waals surface area contributed by atoms with E-state index in [1.807, 2.05) is 61.5 Å². The Labute approximate surface area is 192 Å². The van der Waals surface area contributed by atoms with Gasteiger partial charge in [0, 0.05) is 17.3 Å². The van der Waals surface area contributed by atoms with Gasteiger partial charge in [-0.3, -0.25) is 4.79 Å². The second kappa shape index (κ2) is 9.17. The highest BCUT2D eigenvalue weighted by Crippen LogP contribution is 2.31. The van der Waals surface area contributed by atoms with Gasteiger partial charge < -0.3 is 24.8 Å². The topological polar surface area (TPSA) is 94.6 Å². The number of para-hydroxylation sites is 1. The van der Waals surface area contributed by atoms with Gasteiger partial charge >= 0.3 is 0 Å². The SMILES string of the molecule is COc1ccccc1-c1ccnc(N[C@H]2CO[C@H]3[C@@H]2OC[C@@H]3NC(=O)c2ccc(C)cc2)n1. The molecule has 0 bridgehead atoms. The van der Waals surface area contributed by atoms with Crippen molar-refractivity contribution in [3.8, 4) is 17.0 Å². The highest BCUT2D eigenvalue weighted by Gasteiger charge is 2.48. The molecule has 2 aliphatic heterocycles. The largest absolute Gasteiger partial charge is 0.496 e. The predicted octanol–water partition coefficient (Wildman–Crippen LogP) is 2.84. The number of nitrogens with zero attached hydrogens (tertiary/aromatic N) is 2. The molecule has 3 aromatic rings. The number of rotatable bonds is 6. The maximum absolute atomic E-state index is 12.6. The molecule has 8 heteroatoms. The first-order chi connectivity index (χ1) is 16.1. The van der Waals surface area contributed by atoms with Crippen molar-refractivity contribution >= 4 is 11.9 Å². The minimum atomic E-state index is -0.228. The van der Waals surface area contributed by atoms with Crippen LogP contribution in [0.1, 0.15) is 15.9 Å². The molecule has 2 aliphatic rings. The molecule has 3 heterocycles. The molecular weight excluding hydrogens is 420 g/mol. The molecule has 170 valence electrons. The number of aromatic nitrogens is 2. The minimum absolute atomic E-state index is 0.121. The third-order valence-electron chi connectivity index (χ3n) is 6.04. The van der Waals surface area contributed by atoms with Crippen molar-refractivity contribution in [3.63, 3.8) is 0 Å². The summed E-state index contributed by atoms with van der Waals surface area (Å²) >= 11 is 0. The van der Waals surface area contributed by atoms with Crippen LogP contribution in [-0.2, 0) is 9.47 Å². The van der Waals surface area contributed by atoms with Crippen LogP contribution in [0.5, 0.6) is 5.75 Å². The number of anilines is 1. The fourth-order valence-electron chi connectivity index (χ4n) is 4.30.